The summed E-state index contributed by atoms with van der Waals surface area (Å²) in [6.45, 7) is 3.79. The van der Waals surface area contributed by atoms with Crippen molar-refractivity contribution in [2.75, 3.05) is 6.54 Å². The summed E-state index contributed by atoms with van der Waals surface area (Å²) >= 11 is 0. The first-order valence-electron chi connectivity index (χ1n) is 5.81. The van der Waals surface area contributed by atoms with Crippen molar-refractivity contribution in [3.63, 3.8) is 0 Å². The molecule has 0 unspecified atom stereocenters. The molecule has 1 aromatic carbocycles. The fourth-order valence-electron chi connectivity index (χ4n) is 2.08. The zero-order valence-electron chi connectivity index (χ0n) is 8.96. The lowest BCUT2D eigenvalue weighted by Gasteiger charge is -2.05. The second-order valence-corrected chi connectivity index (χ2v) is 4.67. The average Bonchev–Trinajstić information content (AvgIpc) is 2.95. The first-order valence-corrected chi connectivity index (χ1v) is 5.81. The highest BCUT2D eigenvalue weighted by Crippen LogP contribution is 2.27. The molecule has 1 aliphatic carbocycles. The molecule has 2 nitrogen and oxygen atoms in total. The van der Waals surface area contributed by atoms with Crippen LogP contribution in [0, 0.1) is 5.92 Å². The van der Waals surface area contributed by atoms with Crippen molar-refractivity contribution >= 4 is 0 Å². The van der Waals surface area contributed by atoms with E-state index in [4.69, 9.17) is 4.74 Å². The third-order valence-electron chi connectivity index (χ3n) is 3.24. The maximum atomic E-state index is 5.40. The Morgan fingerprint density at radius 1 is 1.20 bits per heavy atom. The van der Waals surface area contributed by atoms with E-state index in [1.807, 2.05) is 0 Å². The van der Waals surface area contributed by atoms with Crippen molar-refractivity contribution < 1.29 is 4.74 Å². The monoisotopic (exact) mass is 203 g/mol. The molecule has 1 aromatic rings. The highest BCUT2D eigenvalue weighted by Gasteiger charge is 2.20. The van der Waals surface area contributed by atoms with Crippen molar-refractivity contribution in [3.05, 3.63) is 34.9 Å². The molecule has 0 aromatic heterocycles. The Hall–Kier alpha value is -0.860. The van der Waals surface area contributed by atoms with Crippen LogP contribution in [-0.2, 0) is 24.5 Å². The van der Waals surface area contributed by atoms with Gasteiger partial charge in [-0.25, -0.2) is 0 Å². The lowest BCUT2D eigenvalue weighted by atomic mass is 10.1. The second-order valence-electron chi connectivity index (χ2n) is 4.67. The number of rotatable bonds is 4. The van der Waals surface area contributed by atoms with Crippen LogP contribution in [0.1, 0.15) is 29.5 Å². The minimum absolute atomic E-state index is 0.797. The highest BCUT2D eigenvalue weighted by atomic mass is 16.5. The molecule has 2 aliphatic rings. The minimum Gasteiger partial charge on any atom is -0.372 e. The molecule has 1 fully saturated rings. The van der Waals surface area contributed by atoms with Crippen LogP contribution in [0.2, 0.25) is 0 Å². The van der Waals surface area contributed by atoms with Gasteiger partial charge in [-0.1, -0.05) is 18.2 Å². The predicted molar refractivity (Wildman–Crippen MR) is 59.4 cm³/mol. The van der Waals surface area contributed by atoms with Gasteiger partial charge in [0.25, 0.3) is 0 Å². The number of nitrogens with one attached hydrogen (secondary N) is 1. The zero-order chi connectivity index (χ0) is 10.1. The molecule has 1 aliphatic heterocycles. The zero-order valence-corrected chi connectivity index (χ0v) is 8.96. The molecule has 0 atom stereocenters. The van der Waals surface area contributed by atoms with Gasteiger partial charge in [-0.15, -0.1) is 0 Å². The SMILES string of the molecule is c1cc2c(cc1CNCC1CC1)COC2. The van der Waals surface area contributed by atoms with E-state index < -0.39 is 0 Å². The van der Waals surface area contributed by atoms with Gasteiger partial charge in [0.1, 0.15) is 0 Å². The van der Waals surface area contributed by atoms with Gasteiger partial charge in [0.2, 0.25) is 0 Å². The Kier molecular flexibility index (Phi) is 2.47. The van der Waals surface area contributed by atoms with E-state index in [1.54, 1.807) is 0 Å². The smallest absolute Gasteiger partial charge is 0.0725 e. The Bertz CT molecular complexity index is 358. The Balaban J connectivity index is 1.59. The van der Waals surface area contributed by atoms with Gasteiger partial charge >= 0.3 is 0 Å². The molecule has 3 rings (SSSR count). The minimum atomic E-state index is 0.797. The normalized spacial score (nSPS) is 19.2. The summed E-state index contributed by atoms with van der Waals surface area (Å²) in [4.78, 5) is 0. The van der Waals surface area contributed by atoms with Crippen LogP contribution in [-0.4, -0.2) is 6.54 Å². The Morgan fingerprint density at radius 3 is 2.93 bits per heavy atom. The fraction of sp³-hybridized carbons (Fsp3) is 0.538. The van der Waals surface area contributed by atoms with Crippen LogP contribution >= 0.6 is 0 Å². The summed E-state index contributed by atoms with van der Waals surface area (Å²) in [6.07, 6.45) is 2.84. The standard InChI is InChI=1S/C13H17NO/c1-2-10(1)6-14-7-11-3-4-12-8-15-9-13(12)5-11/h3-5,10,14H,1-2,6-9H2. The Labute approximate surface area is 90.6 Å². The van der Waals surface area contributed by atoms with Gasteiger partial charge in [0.05, 0.1) is 13.2 Å². The van der Waals surface area contributed by atoms with Crippen molar-refractivity contribution in [2.24, 2.45) is 5.92 Å². The first-order chi connectivity index (χ1) is 7.42. The van der Waals surface area contributed by atoms with Crippen LogP contribution in [0.5, 0.6) is 0 Å². The van der Waals surface area contributed by atoms with Crippen molar-refractivity contribution in [2.45, 2.75) is 32.6 Å². The topological polar surface area (TPSA) is 21.3 Å². The van der Waals surface area contributed by atoms with Gasteiger partial charge < -0.3 is 10.1 Å². The summed E-state index contributed by atoms with van der Waals surface area (Å²) in [5.41, 5.74) is 4.13. The van der Waals surface area contributed by atoms with Gasteiger partial charge in [-0.3, -0.25) is 0 Å². The molecule has 0 saturated heterocycles. The maximum Gasteiger partial charge on any atom is 0.0725 e. The molecule has 1 saturated carbocycles. The number of hydrogen-bond donors (Lipinski definition) is 1. The molecule has 15 heavy (non-hydrogen) atoms. The van der Waals surface area contributed by atoms with Crippen LogP contribution in [0.3, 0.4) is 0 Å². The molecular weight excluding hydrogens is 186 g/mol. The molecule has 1 N–H and O–H groups in total. The summed E-state index contributed by atoms with van der Waals surface area (Å²) in [7, 11) is 0. The first kappa shape index (κ1) is 9.37. The van der Waals surface area contributed by atoms with Crippen molar-refractivity contribution in [3.8, 4) is 0 Å². The van der Waals surface area contributed by atoms with E-state index >= 15 is 0 Å². The lowest BCUT2D eigenvalue weighted by molar-refractivity contribution is 0.134. The molecule has 80 valence electrons. The van der Waals surface area contributed by atoms with E-state index in [0.717, 1.165) is 25.7 Å². The van der Waals surface area contributed by atoms with E-state index in [-0.39, 0.29) is 0 Å². The highest BCUT2D eigenvalue weighted by molar-refractivity contribution is 5.33. The average molecular weight is 203 g/mol. The van der Waals surface area contributed by atoms with E-state index in [0.29, 0.717) is 0 Å². The third kappa shape index (κ3) is 2.21. The predicted octanol–water partition coefficient (Wildman–Crippen LogP) is 2.22. The maximum absolute atomic E-state index is 5.40. The molecule has 1 heterocycles. The largest absolute Gasteiger partial charge is 0.372 e. The summed E-state index contributed by atoms with van der Waals surface area (Å²) in [6, 6.07) is 6.70. The molecule has 0 spiro atoms. The van der Waals surface area contributed by atoms with Gasteiger partial charge in [0.15, 0.2) is 0 Å². The van der Waals surface area contributed by atoms with Crippen LogP contribution in [0.15, 0.2) is 18.2 Å². The summed E-state index contributed by atoms with van der Waals surface area (Å²) in [5.74, 6) is 0.961. The number of hydrogen-bond acceptors (Lipinski definition) is 2. The molecule has 0 radical (unpaired) electrons. The molecule has 0 amide bonds. The van der Waals surface area contributed by atoms with Crippen molar-refractivity contribution in [1.29, 1.82) is 0 Å². The molecular formula is C13H17NO. The quantitative estimate of drug-likeness (QED) is 0.810. The third-order valence-corrected chi connectivity index (χ3v) is 3.24. The molecule has 0 bridgehead atoms. The van der Waals surface area contributed by atoms with Crippen LogP contribution in [0.25, 0.3) is 0 Å². The number of ether oxygens (including phenoxy) is 1. The lowest BCUT2D eigenvalue weighted by Crippen LogP contribution is -2.16. The number of benzene rings is 1. The number of fused-ring (bicyclic) bond motifs is 1. The van der Waals surface area contributed by atoms with E-state index in [9.17, 15) is 0 Å². The summed E-state index contributed by atoms with van der Waals surface area (Å²) < 4.78 is 5.40. The van der Waals surface area contributed by atoms with Crippen molar-refractivity contribution in [1.82, 2.24) is 5.32 Å². The van der Waals surface area contributed by atoms with E-state index in [2.05, 4.69) is 23.5 Å². The van der Waals surface area contributed by atoms with Gasteiger partial charge in [-0.2, -0.15) is 0 Å². The fourth-order valence-corrected chi connectivity index (χ4v) is 2.08. The Morgan fingerprint density at radius 2 is 2.07 bits per heavy atom. The second kappa shape index (κ2) is 3.95. The van der Waals surface area contributed by atoms with Gasteiger partial charge in [0, 0.05) is 6.54 Å². The van der Waals surface area contributed by atoms with Gasteiger partial charge in [-0.05, 0) is 42.0 Å². The molecule has 2 heteroatoms. The summed E-state index contributed by atoms with van der Waals surface area (Å²) in [5, 5.41) is 3.51. The van der Waals surface area contributed by atoms with E-state index in [1.165, 1.54) is 36.1 Å². The van der Waals surface area contributed by atoms with Crippen LogP contribution < -0.4 is 5.32 Å². The van der Waals surface area contributed by atoms with Crippen LogP contribution in [0.4, 0.5) is 0 Å².